The zero-order valence-corrected chi connectivity index (χ0v) is 9.28. The largest absolute Gasteiger partial charge is 0.490 e. The summed E-state index contributed by atoms with van der Waals surface area (Å²) in [7, 11) is 0. The van der Waals surface area contributed by atoms with Crippen molar-refractivity contribution in [2.24, 2.45) is 0 Å². The highest BCUT2D eigenvalue weighted by Gasteiger charge is 2.25. The molecule has 1 unspecified atom stereocenters. The number of hydrogen-bond donors (Lipinski definition) is 0. The molecule has 0 heterocycles. The van der Waals surface area contributed by atoms with Gasteiger partial charge in [0.25, 0.3) is 0 Å². The van der Waals surface area contributed by atoms with Crippen LogP contribution in [0.4, 0.5) is 4.39 Å². The van der Waals surface area contributed by atoms with Gasteiger partial charge in [-0.15, -0.1) is 0 Å². The SMILES string of the molecule is CC(CC=O)c1cc(F)ccc1OC1CC1. The van der Waals surface area contributed by atoms with Crippen molar-refractivity contribution in [1.29, 1.82) is 0 Å². The quantitative estimate of drug-likeness (QED) is 0.716. The third-order valence-electron chi connectivity index (χ3n) is 2.77. The second kappa shape index (κ2) is 4.64. The molecule has 0 radical (unpaired) electrons. The van der Waals surface area contributed by atoms with Crippen LogP contribution in [0.15, 0.2) is 18.2 Å². The molecule has 0 aliphatic heterocycles. The van der Waals surface area contributed by atoms with Crippen molar-refractivity contribution in [3.8, 4) is 5.75 Å². The lowest BCUT2D eigenvalue weighted by molar-refractivity contribution is -0.108. The fraction of sp³-hybridized carbons (Fsp3) is 0.462. The van der Waals surface area contributed by atoms with Crippen LogP contribution in [0.1, 0.15) is 37.7 Å². The van der Waals surface area contributed by atoms with E-state index in [1.165, 1.54) is 12.1 Å². The van der Waals surface area contributed by atoms with Gasteiger partial charge in [0.2, 0.25) is 0 Å². The van der Waals surface area contributed by atoms with Gasteiger partial charge in [-0.1, -0.05) is 6.92 Å². The molecule has 1 aliphatic carbocycles. The summed E-state index contributed by atoms with van der Waals surface area (Å²) in [6, 6.07) is 4.52. The van der Waals surface area contributed by atoms with Crippen LogP contribution in [-0.2, 0) is 4.79 Å². The summed E-state index contributed by atoms with van der Waals surface area (Å²) in [6.07, 6.45) is 3.67. The summed E-state index contributed by atoms with van der Waals surface area (Å²) in [5, 5.41) is 0. The van der Waals surface area contributed by atoms with Crippen molar-refractivity contribution in [2.45, 2.75) is 38.2 Å². The highest BCUT2D eigenvalue weighted by Crippen LogP contribution is 2.34. The molecule has 2 rings (SSSR count). The van der Waals surface area contributed by atoms with Crippen LogP contribution in [0.25, 0.3) is 0 Å². The molecule has 1 aromatic carbocycles. The number of halogens is 1. The standard InChI is InChI=1S/C13H15FO2/c1-9(6-7-15)12-8-10(14)2-5-13(12)16-11-3-4-11/h2,5,7-9,11H,3-4,6H2,1H3. The van der Waals surface area contributed by atoms with E-state index >= 15 is 0 Å². The first-order chi connectivity index (χ1) is 7.70. The number of carbonyl (C=O) groups excluding carboxylic acids is 1. The summed E-state index contributed by atoms with van der Waals surface area (Å²) in [6.45, 7) is 1.91. The smallest absolute Gasteiger partial charge is 0.123 e. The maximum Gasteiger partial charge on any atom is 0.123 e. The minimum atomic E-state index is -0.282. The molecule has 86 valence electrons. The first-order valence-corrected chi connectivity index (χ1v) is 5.60. The predicted molar refractivity (Wildman–Crippen MR) is 59.1 cm³/mol. The molecule has 1 saturated carbocycles. The molecule has 1 atom stereocenters. The summed E-state index contributed by atoms with van der Waals surface area (Å²) in [4.78, 5) is 10.5. The maximum atomic E-state index is 13.2. The lowest BCUT2D eigenvalue weighted by Crippen LogP contribution is -2.03. The number of carbonyl (C=O) groups is 1. The Bertz CT molecular complexity index is 386. The van der Waals surface area contributed by atoms with Gasteiger partial charge in [-0.3, -0.25) is 0 Å². The fourth-order valence-corrected chi connectivity index (χ4v) is 1.65. The van der Waals surface area contributed by atoms with Crippen molar-refractivity contribution < 1.29 is 13.9 Å². The van der Waals surface area contributed by atoms with E-state index in [1.807, 2.05) is 6.92 Å². The monoisotopic (exact) mass is 222 g/mol. The van der Waals surface area contributed by atoms with Crippen molar-refractivity contribution in [1.82, 2.24) is 0 Å². The van der Waals surface area contributed by atoms with Crippen LogP contribution in [0.3, 0.4) is 0 Å². The van der Waals surface area contributed by atoms with E-state index in [1.54, 1.807) is 6.07 Å². The first-order valence-electron chi connectivity index (χ1n) is 5.60. The molecule has 0 N–H and O–H groups in total. The number of rotatable bonds is 5. The Balaban J connectivity index is 2.23. The minimum Gasteiger partial charge on any atom is -0.490 e. The summed E-state index contributed by atoms with van der Waals surface area (Å²) >= 11 is 0. The molecule has 16 heavy (non-hydrogen) atoms. The molecule has 0 amide bonds. The molecular formula is C13H15FO2. The van der Waals surface area contributed by atoms with E-state index in [9.17, 15) is 9.18 Å². The van der Waals surface area contributed by atoms with Gasteiger partial charge < -0.3 is 9.53 Å². The fourth-order valence-electron chi connectivity index (χ4n) is 1.65. The second-order valence-electron chi connectivity index (χ2n) is 4.30. The van der Waals surface area contributed by atoms with E-state index in [4.69, 9.17) is 4.74 Å². The average molecular weight is 222 g/mol. The molecule has 3 heteroatoms. The average Bonchev–Trinajstić information content (AvgIpc) is 3.05. The third-order valence-corrected chi connectivity index (χ3v) is 2.77. The molecule has 2 nitrogen and oxygen atoms in total. The van der Waals surface area contributed by atoms with Gasteiger partial charge >= 0.3 is 0 Å². The zero-order chi connectivity index (χ0) is 11.5. The van der Waals surface area contributed by atoms with Crippen molar-refractivity contribution >= 4 is 6.29 Å². The Kier molecular flexibility index (Phi) is 3.22. The van der Waals surface area contributed by atoms with Gasteiger partial charge in [-0.25, -0.2) is 4.39 Å². The first kappa shape index (κ1) is 11.1. The molecule has 1 fully saturated rings. The Morgan fingerprint density at radius 2 is 2.31 bits per heavy atom. The lowest BCUT2D eigenvalue weighted by atomic mass is 9.97. The van der Waals surface area contributed by atoms with Gasteiger partial charge in [0.15, 0.2) is 0 Å². The van der Waals surface area contributed by atoms with Gasteiger partial charge in [-0.2, -0.15) is 0 Å². The minimum absolute atomic E-state index is 0.00181. The summed E-state index contributed by atoms with van der Waals surface area (Å²) in [5.74, 6) is 0.441. The molecule has 0 spiro atoms. The second-order valence-corrected chi connectivity index (χ2v) is 4.30. The lowest BCUT2D eigenvalue weighted by Gasteiger charge is -2.15. The van der Waals surface area contributed by atoms with E-state index < -0.39 is 0 Å². The molecule has 0 saturated heterocycles. The van der Waals surface area contributed by atoms with Crippen LogP contribution >= 0.6 is 0 Å². The topological polar surface area (TPSA) is 26.3 Å². The Morgan fingerprint density at radius 1 is 1.56 bits per heavy atom. The normalized spacial score (nSPS) is 16.9. The molecule has 1 aliphatic rings. The highest BCUT2D eigenvalue weighted by molar-refractivity contribution is 5.52. The van der Waals surface area contributed by atoms with Crippen LogP contribution in [0.2, 0.25) is 0 Å². The summed E-state index contributed by atoms with van der Waals surface area (Å²) in [5.41, 5.74) is 0.791. The van der Waals surface area contributed by atoms with Crippen molar-refractivity contribution in [3.63, 3.8) is 0 Å². The van der Waals surface area contributed by atoms with E-state index in [0.717, 1.165) is 30.4 Å². The molecule has 0 bridgehead atoms. The van der Waals surface area contributed by atoms with Gasteiger partial charge in [0.1, 0.15) is 17.9 Å². The number of benzene rings is 1. The zero-order valence-electron chi connectivity index (χ0n) is 9.28. The maximum absolute atomic E-state index is 13.2. The number of hydrogen-bond acceptors (Lipinski definition) is 2. The van der Waals surface area contributed by atoms with Crippen LogP contribution in [-0.4, -0.2) is 12.4 Å². The van der Waals surface area contributed by atoms with E-state index in [0.29, 0.717) is 6.42 Å². The van der Waals surface area contributed by atoms with Crippen LogP contribution in [0, 0.1) is 5.82 Å². The van der Waals surface area contributed by atoms with Crippen molar-refractivity contribution in [2.75, 3.05) is 0 Å². The summed E-state index contributed by atoms with van der Waals surface area (Å²) < 4.78 is 18.9. The highest BCUT2D eigenvalue weighted by atomic mass is 19.1. The Labute approximate surface area is 94.4 Å². The molecular weight excluding hydrogens is 207 g/mol. The molecule has 1 aromatic rings. The van der Waals surface area contributed by atoms with Crippen LogP contribution < -0.4 is 4.74 Å². The van der Waals surface area contributed by atoms with Gasteiger partial charge in [0.05, 0.1) is 6.10 Å². The van der Waals surface area contributed by atoms with Crippen molar-refractivity contribution in [3.05, 3.63) is 29.6 Å². The number of ether oxygens (including phenoxy) is 1. The van der Waals surface area contributed by atoms with Gasteiger partial charge in [0, 0.05) is 12.0 Å². The Morgan fingerprint density at radius 3 is 2.94 bits per heavy atom. The Hall–Kier alpha value is -1.38. The predicted octanol–water partition coefficient (Wildman–Crippen LogP) is 3.06. The number of aldehydes is 1. The van der Waals surface area contributed by atoms with E-state index in [2.05, 4.69) is 0 Å². The third kappa shape index (κ3) is 2.60. The van der Waals surface area contributed by atoms with E-state index in [-0.39, 0.29) is 17.8 Å². The van der Waals surface area contributed by atoms with Gasteiger partial charge in [-0.05, 0) is 37.0 Å². The molecule has 0 aromatic heterocycles. The van der Waals surface area contributed by atoms with Crippen LogP contribution in [0.5, 0.6) is 5.75 Å².